The minimum absolute atomic E-state index is 0.245. The summed E-state index contributed by atoms with van der Waals surface area (Å²) in [6.07, 6.45) is 4.30. The van der Waals surface area contributed by atoms with Gasteiger partial charge >= 0.3 is 11.9 Å². The zero-order chi connectivity index (χ0) is 11.5. The van der Waals surface area contributed by atoms with E-state index in [0.29, 0.717) is 12.8 Å². The number of hydrogen-bond acceptors (Lipinski definition) is 4. The molecule has 0 bridgehead atoms. The third-order valence-corrected chi connectivity index (χ3v) is 1.91. The second-order valence-electron chi connectivity index (χ2n) is 3.36. The fourth-order valence-electron chi connectivity index (χ4n) is 0.947. The lowest BCUT2D eigenvalue weighted by molar-refractivity contribution is -0.167. The summed E-state index contributed by atoms with van der Waals surface area (Å²) in [6, 6.07) is 0. The van der Waals surface area contributed by atoms with Gasteiger partial charge in [-0.3, -0.25) is 9.59 Å². The number of unbranched alkanes of at least 4 members (excludes halogenated alkanes) is 2. The van der Waals surface area contributed by atoms with Gasteiger partial charge in [-0.15, -0.1) is 0 Å². The van der Waals surface area contributed by atoms with Crippen LogP contribution >= 0.6 is 0 Å². The number of esters is 2. The van der Waals surface area contributed by atoms with Gasteiger partial charge in [-0.25, -0.2) is 0 Å². The molecule has 15 heavy (non-hydrogen) atoms. The fourth-order valence-corrected chi connectivity index (χ4v) is 0.947. The Morgan fingerprint density at radius 2 is 1.27 bits per heavy atom. The highest BCUT2D eigenvalue weighted by atomic mass is 16.7. The van der Waals surface area contributed by atoms with Gasteiger partial charge in [0, 0.05) is 12.8 Å². The summed E-state index contributed by atoms with van der Waals surface area (Å²) < 4.78 is 9.43. The lowest BCUT2D eigenvalue weighted by Gasteiger charge is -2.05. The minimum atomic E-state index is -0.305. The molecular formula is C11H20O4. The average Bonchev–Trinajstić information content (AvgIpc) is 2.23. The molecule has 0 N–H and O–H groups in total. The van der Waals surface area contributed by atoms with Crippen LogP contribution in [-0.4, -0.2) is 18.7 Å². The zero-order valence-electron chi connectivity index (χ0n) is 9.58. The van der Waals surface area contributed by atoms with Crippen molar-refractivity contribution in [2.75, 3.05) is 6.79 Å². The Morgan fingerprint density at radius 1 is 0.867 bits per heavy atom. The third kappa shape index (κ3) is 9.25. The first-order chi connectivity index (χ1) is 7.20. The van der Waals surface area contributed by atoms with Crippen molar-refractivity contribution >= 4 is 11.9 Å². The molecule has 0 atom stereocenters. The van der Waals surface area contributed by atoms with E-state index in [4.69, 9.17) is 9.47 Å². The van der Waals surface area contributed by atoms with E-state index in [1.54, 1.807) is 0 Å². The third-order valence-electron chi connectivity index (χ3n) is 1.91. The van der Waals surface area contributed by atoms with Gasteiger partial charge < -0.3 is 9.47 Å². The maximum atomic E-state index is 11.0. The van der Waals surface area contributed by atoms with E-state index in [2.05, 4.69) is 0 Å². The van der Waals surface area contributed by atoms with Crippen LogP contribution in [0.5, 0.6) is 0 Å². The number of ether oxygens (including phenoxy) is 2. The maximum Gasteiger partial charge on any atom is 0.308 e. The van der Waals surface area contributed by atoms with Crippen LogP contribution in [-0.2, 0) is 19.1 Å². The van der Waals surface area contributed by atoms with Crippen molar-refractivity contribution in [2.45, 2.75) is 52.4 Å². The van der Waals surface area contributed by atoms with Crippen molar-refractivity contribution in [2.24, 2.45) is 0 Å². The SMILES string of the molecule is CCCCC(=O)OCOC(=O)CCCC. The predicted molar refractivity (Wildman–Crippen MR) is 56.1 cm³/mol. The lowest BCUT2D eigenvalue weighted by atomic mass is 10.2. The van der Waals surface area contributed by atoms with Gasteiger partial charge in [0.15, 0.2) is 0 Å². The van der Waals surface area contributed by atoms with Crippen LogP contribution in [0.15, 0.2) is 0 Å². The van der Waals surface area contributed by atoms with E-state index in [-0.39, 0.29) is 18.7 Å². The molecule has 0 aliphatic carbocycles. The van der Waals surface area contributed by atoms with Gasteiger partial charge in [0.05, 0.1) is 0 Å². The largest absolute Gasteiger partial charge is 0.428 e. The molecule has 0 heterocycles. The Bertz CT molecular complexity index is 169. The van der Waals surface area contributed by atoms with Gasteiger partial charge in [0.2, 0.25) is 6.79 Å². The molecule has 0 aromatic rings. The van der Waals surface area contributed by atoms with E-state index in [1.807, 2.05) is 13.8 Å². The number of carbonyl (C=O) groups excluding carboxylic acids is 2. The monoisotopic (exact) mass is 216 g/mol. The van der Waals surface area contributed by atoms with Crippen molar-refractivity contribution in [1.82, 2.24) is 0 Å². The van der Waals surface area contributed by atoms with Crippen LogP contribution in [0.3, 0.4) is 0 Å². The number of rotatable bonds is 8. The first-order valence-corrected chi connectivity index (χ1v) is 5.52. The summed E-state index contributed by atoms with van der Waals surface area (Å²) in [5.41, 5.74) is 0. The zero-order valence-corrected chi connectivity index (χ0v) is 9.58. The molecule has 4 nitrogen and oxygen atoms in total. The Balaban J connectivity index is 3.36. The van der Waals surface area contributed by atoms with Gasteiger partial charge in [-0.05, 0) is 12.8 Å². The highest BCUT2D eigenvalue weighted by Gasteiger charge is 2.04. The molecule has 0 unspecified atom stereocenters. The average molecular weight is 216 g/mol. The molecule has 88 valence electrons. The van der Waals surface area contributed by atoms with E-state index >= 15 is 0 Å². The predicted octanol–water partition coefficient (Wildman–Crippen LogP) is 2.41. The standard InChI is InChI=1S/C11H20O4/c1-3-5-7-10(12)14-9-15-11(13)8-6-4-2/h3-9H2,1-2H3. The normalized spacial score (nSPS) is 9.73. The minimum Gasteiger partial charge on any atom is -0.428 e. The summed E-state index contributed by atoms with van der Waals surface area (Å²) in [6.45, 7) is 3.75. The van der Waals surface area contributed by atoms with Crippen LogP contribution in [0.25, 0.3) is 0 Å². The summed E-state index contributed by atoms with van der Waals surface area (Å²) in [5.74, 6) is -0.611. The van der Waals surface area contributed by atoms with Crippen LogP contribution in [0, 0.1) is 0 Å². The number of carbonyl (C=O) groups is 2. The van der Waals surface area contributed by atoms with Crippen molar-refractivity contribution in [1.29, 1.82) is 0 Å². The molecule has 0 saturated carbocycles. The lowest BCUT2D eigenvalue weighted by Crippen LogP contribution is -2.12. The van der Waals surface area contributed by atoms with Gasteiger partial charge in [0.1, 0.15) is 0 Å². The Hall–Kier alpha value is -1.06. The summed E-state index contributed by atoms with van der Waals surface area (Å²) >= 11 is 0. The van der Waals surface area contributed by atoms with Crippen LogP contribution in [0.1, 0.15) is 52.4 Å². The van der Waals surface area contributed by atoms with Crippen molar-refractivity contribution < 1.29 is 19.1 Å². The summed E-state index contributed by atoms with van der Waals surface area (Å²) in [5, 5.41) is 0. The molecule has 0 rings (SSSR count). The highest BCUT2D eigenvalue weighted by Crippen LogP contribution is 1.99. The molecular weight excluding hydrogens is 196 g/mol. The molecule has 0 aliphatic heterocycles. The summed E-state index contributed by atoms with van der Waals surface area (Å²) in [7, 11) is 0. The number of hydrogen-bond donors (Lipinski definition) is 0. The quantitative estimate of drug-likeness (QED) is 0.462. The molecule has 0 aromatic carbocycles. The van der Waals surface area contributed by atoms with Gasteiger partial charge in [-0.1, -0.05) is 26.7 Å². The summed E-state index contributed by atoms with van der Waals surface area (Å²) in [4.78, 5) is 22.0. The first-order valence-electron chi connectivity index (χ1n) is 5.52. The molecule has 0 aromatic heterocycles. The Labute approximate surface area is 90.9 Å². The van der Waals surface area contributed by atoms with Crippen LogP contribution in [0.2, 0.25) is 0 Å². The molecule has 0 fully saturated rings. The van der Waals surface area contributed by atoms with Crippen LogP contribution in [0.4, 0.5) is 0 Å². The van der Waals surface area contributed by atoms with Gasteiger partial charge in [0.25, 0.3) is 0 Å². The molecule has 0 radical (unpaired) electrons. The van der Waals surface area contributed by atoms with Crippen molar-refractivity contribution in [3.05, 3.63) is 0 Å². The van der Waals surface area contributed by atoms with E-state index in [0.717, 1.165) is 25.7 Å². The fraction of sp³-hybridized carbons (Fsp3) is 0.818. The highest BCUT2D eigenvalue weighted by molar-refractivity contribution is 5.70. The molecule has 4 heteroatoms. The second kappa shape index (κ2) is 9.49. The first kappa shape index (κ1) is 13.9. The molecule has 0 aliphatic rings. The van der Waals surface area contributed by atoms with Crippen LogP contribution < -0.4 is 0 Å². The second-order valence-corrected chi connectivity index (χ2v) is 3.36. The van der Waals surface area contributed by atoms with E-state index < -0.39 is 0 Å². The molecule has 0 saturated heterocycles. The van der Waals surface area contributed by atoms with Crippen molar-refractivity contribution in [3.63, 3.8) is 0 Å². The van der Waals surface area contributed by atoms with E-state index in [9.17, 15) is 9.59 Å². The Kier molecular flexibility index (Phi) is 8.82. The smallest absolute Gasteiger partial charge is 0.308 e. The van der Waals surface area contributed by atoms with E-state index in [1.165, 1.54) is 0 Å². The van der Waals surface area contributed by atoms with Gasteiger partial charge in [-0.2, -0.15) is 0 Å². The topological polar surface area (TPSA) is 52.6 Å². The molecule has 0 amide bonds. The molecule has 0 spiro atoms. The van der Waals surface area contributed by atoms with Crippen molar-refractivity contribution in [3.8, 4) is 0 Å². The maximum absolute atomic E-state index is 11.0. The Morgan fingerprint density at radius 3 is 1.60 bits per heavy atom.